The van der Waals surface area contributed by atoms with Crippen molar-refractivity contribution in [2.75, 3.05) is 6.54 Å². The standard InChI is InChI=1S/C14H25NOS/c1-6-7-15-9-13-8-12(11(2)17-13)10-16-14(3,4)5/h8,15H,6-7,9-10H2,1-5H3. The Labute approximate surface area is 109 Å². The van der Waals surface area contributed by atoms with Crippen molar-refractivity contribution in [3.05, 3.63) is 21.4 Å². The fraction of sp³-hybridized carbons (Fsp3) is 0.714. The van der Waals surface area contributed by atoms with Crippen molar-refractivity contribution in [2.45, 2.75) is 59.8 Å². The number of aryl methyl sites for hydroxylation is 1. The summed E-state index contributed by atoms with van der Waals surface area (Å²) in [5.74, 6) is 0. The van der Waals surface area contributed by atoms with E-state index in [1.54, 1.807) is 0 Å². The number of rotatable bonds is 6. The Balaban J connectivity index is 2.50. The van der Waals surface area contributed by atoms with Gasteiger partial charge < -0.3 is 10.1 Å². The molecule has 17 heavy (non-hydrogen) atoms. The van der Waals surface area contributed by atoms with Gasteiger partial charge in [0, 0.05) is 16.3 Å². The molecule has 1 aromatic heterocycles. The second-order valence-corrected chi connectivity index (χ2v) is 6.71. The van der Waals surface area contributed by atoms with Crippen molar-refractivity contribution in [1.29, 1.82) is 0 Å². The molecule has 0 bridgehead atoms. The molecule has 1 heterocycles. The fourth-order valence-corrected chi connectivity index (χ4v) is 2.52. The average Bonchev–Trinajstić information content (AvgIpc) is 2.56. The fourth-order valence-electron chi connectivity index (χ4n) is 1.50. The van der Waals surface area contributed by atoms with Crippen molar-refractivity contribution < 1.29 is 4.74 Å². The van der Waals surface area contributed by atoms with Crippen LogP contribution in [0, 0.1) is 6.92 Å². The third-order valence-electron chi connectivity index (χ3n) is 2.46. The van der Waals surface area contributed by atoms with E-state index in [1.165, 1.54) is 21.7 Å². The quantitative estimate of drug-likeness (QED) is 0.779. The predicted octanol–water partition coefficient (Wildman–Crippen LogP) is 3.87. The van der Waals surface area contributed by atoms with Gasteiger partial charge in [0.1, 0.15) is 0 Å². The van der Waals surface area contributed by atoms with Crippen LogP contribution >= 0.6 is 11.3 Å². The maximum Gasteiger partial charge on any atom is 0.0734 e. The maximum atomic E-state index is 5.82. The molecular weight excluding hydrogens is 230 g/mol. The minimum Gasteiger partial charge on any atom is -0.371 e. The zero-order valence-electron chi connectivity index (χ0n) is 11.7. The van der Waals surface area contributed by atoms with Crippen molar-refractivity contribution in [1.82, 2.24) is 5.32 Å². The SMILES string of the molecule is CCCNCc1cc(COC(C)(C)C)c(C)s1. The van der Waals surface area contributed by atoms with E-state index < -0.39 is 0 Å². The van der Waals surface area contributed by atoms with Crippen LogP contribution in [0.5, 0.6) is 0 Å². The zero-order valence-corrected chi connectivity index (χ0v) is 12.5. The molecule has 0 aromatic carbocycles. The first-order valence-electron chi connectivity index (χ1n) is 6.35. The number of hydrogen-bond acceptors (Lipinski definition) is 3. The molecule has 0 saturated carbocycles. The van der Waals surface area contributed by atoms with Crippen LogP contribution in [0.1, 0.15) is 49.4 Å². The third-order valence-corrected chi connectivity index (χ3v) is 3.55. The van der Waals surface area contributed by atoms with Crippen LogP contribution in [0.3, 0.4) is 0 Å². The van der Waals surface area contributed by atoms with Crippen LogP contribution in [0.25, 0.3) is 0 Å². The van der Waals surface area contributed by atoms with Gasteiger partial charge in [-0.3, -0.25) is 0 Å². The van der Waals surface area contributed by atoms with Crippen molar-refractivity contribution in [2.24, 2.45) is 0 Å². The summed E-state index contributed by atoms with van der Waals surface area (Å²) in [6, 6.07) is 2.27. The van der Waals surface area contributed by atoms with E-state index in [2.05, 4.69) is 46.0 Å². The highest BCUT2D eigenvalue weighted by Gasteiger charge is 2.12. The summed E-state index contributed by atoms with van der Waals surface area (Å²) in [7, 11) is 0. The molecule has 0 saturated heterocycles. The summed E-state index contributed by atoms with van der Waals surface area (Å²) in [4.78, 5) is 2.78. The normalized spacial score (nSPS) is 12.1. The van der Waals surface area contributed by atoms with Gasteiger partial charge in [0.25, 0.3) is 0 Å². The molecule has 0 radical (unpaired) electrons. The predicted molar refractivity (Wildman–Crippen MR) is 75.6 cm³/mol. The molecule has 1 N–H and O–H groups in total. The number of ether oxygens (including phenoxy) is 1. The molecule has 3 heteroatoms. The first kappa shape index (κ1) is 14.7. The summed E-state index contributed by atoms with van der Waals surface area (Å²) in [6.07, 6.45) is 1.18. The number of hydrogen-bond donors (Lipinski definition) is 1. The second kappa shape index (κ2) is 6.53. The minimum atomic E-state index is -0.0605. The van der Waals surface area contributed by atoms with E-state index in [4.69, 9.17) is 4.74 Å². The molecule has 0 atom stereocenters. The summed E-state index contributed by atoms with van der Waals surface area (Å²) in [5, 5.41) is 3.43. The van der Waals surface area contributed by atoms with E-state index in [1.807, 2.05) is 11.3 Å². The Morgan fingerprint density at radius 3 is 2.65 bits per heavy atom. The van der Waals surface area contributed by atoms with Crippen molar-refractivity contribution >= 4 is 11.3 Å². The molecule has 98 valence electrons. The van der Waals surface area contributed by atoms with Gasteiger partial charge in [0.15, 0.2) is 0 Å². The van der Waals surface area contributed by atoms with Crippen molar-refractivity contribution in [3.63, 3.8) is 0 Å². The first-order valence-corrected chi connectivity index (χ1v) is 7.17. The van der Waals surface area contributed by atoms with E-state index in [0.717, 1.165) is 19.7 Å². The van der Waals surface area contributed by atoms with E-state index in [9.17, 15) is 0 Å². The highest BCUT2D eigenvalue weighted by Crippen LogP contribution is 2.23. The van der Waals surface area contributed by atoms with E-state index in [0.29, 0.717) is 0 Å². The van der Waals surface area contributed by atoms with Gasteiger partial charge >= 0.3 is 0 Å². The lowest BCUT2D eigenvalue weighted by Crippen LogP contribution is -2.18. The lowest BCUT2D eigenvalue weighted by molar-refractivity contribution is -0.0150. The van der Waals surface area contributed by atoms with Gasteiger partial charge in [-0.15, -0.1) is 11.3 Å². The Morgan fingerprint density at radius 2 is 2.06 bits per heavy atom. The maximum absolute atomic E-state index is 5.82. The molecule has 0 fully saturated rings. The molecule has 0 spiro atoms. The van der Waals surface area contributed by atoms with E-state index in [-0.39, 0.29) is 5.60 Å². The number of thiophene rings is 1. The molecule has 0 aliphatic carbocycles. The third kappa shape index (κ3) is 5.66. The lowest BCUT2D eigenvalue weighted by Gasteiger charge is -2.19. The highest BCUT2D eigenvalue weighted by atomic mass is 32.1. The van der Waals surface area contributed by atoms with Gasteiger partial charge in [-0.25, -0.2) is 0 Å². The summed E-state index contributed by atoms with van der Waals surface area (Å²) >= 11 is 1.87. The molecule has 0 aliphatic rings. The zero-order chi connectivity index (χ0) is 12.9. The Bertz CT molecular complexity index is 338. The lowest BCUT2D eigenvalue weighted by atomic mass is 10.2. The summed E-state index contributed by atoms with van der Waals surface area (Å²) < 4.78 is 5.82. The van der Waals surface area contributed by atoms with Gasteiger partial charge in [-0.05, 0) is 52.3 Å². The van der Waals surface area contributed by atoms with Gasteiger partial charge in [0.2, 0.25) is 0 Å². The Kier molecular flexibility index (Phi) is 5.63. The molecule has 1 aromatic rings. The Hall–Kier alpha value is -0.380. The molecule has 2 nitrogen and oxygen atoms in total. The average molecular weight is 255 g/mol. The smallest absolute Gasteiger partial charge is 0.0734 e. The molecular formula is C14H25NOS. The highest BCUT2D eigenvalue weighted by molar-refractivity contribution is 7.12. The largest absolute Gasteiger partial charge is 0.371 e. The van der Waals surface area contributed by atoms with Crippen LogP contribution in [0.2, 0.25) is 0 Å². The molecule has 1 rings (SSSR count). The molecule has 0 aliphatic heterocycles. The molecule has 0 amide bonds. The van der Waals surface area contributed by atoms with Crippen molar-refractivity contribution in [3.8, 4) is 0 Å². The monoisotopic (exact) mass is 255 g/mol. The van der Waals surface area contributed by atoms with Crippen LogP contribution in [-0.2, 0) is 17.9 Å². The van der Waals surface area contributed by atoms with Crippen LogP contribution in [-0.4, -0.2) is 12.1 Å². The van der Waals surface area contributed by atoms with Gasteiger partial charge in [-0.2, -0.15) is 0 Å². The van der Waals surface area contributed by atoms with Crippen LogP contribution < -0.4 is 5.32 Å². The van der Waals surface area contributed by atoms with Gasteiger partial charge in [-0.1, -0.05) is 6.92 Å². The summed E-state index contributed by atoms with van der Waals surface area (Å²) in [5.41, 5.74) is 1.27. The second-order valence-electron chi connectivity index (χ2n) is 5.37. The van der Waals surface area contributed by atoms with Gasteiger partial charge in [0.05, 0.1) is 12.2 Å². The first-order chi connectivity index (χ1) is 7.92. The minimum absolute atomic E-state index is 0.0605. The Morgan fingerprint density at radius 1 is 1.35 bits per heavy atom. The van der Waals surface area contributed by atoms with Crippen LogP contribution in [0.4, 0.5) is 0 Å². The van der Waals surface area contributed by atoms with E-state index >= 15 is 0 Å². The molecule has 0 unspecified atom stereocenters. The van der Waals surface area contributed by atoms with Crippen LogP contribution in [0.15, 0.2) is 6.07 Å². The number of nitrogens with one attached hydrogen (secondary N) is 1. The summed E-state index contributed by atoms with van der Waals surface area (Å²) in [6.45, 7) is 13.4. The topological polar surface area (TPSA) is 21.3 Å².